The van der Waals surface area contributed by atoms with Gasteiger partial charge in [-0.2, -0.15) is 0 Å². The molecule has 1 aromatic heterocycles. The van der Waals surface area contributed by atoms with E-state index in [1.807, 2.05) is 4.98 Å². The third kappa shape index (κ3) is 2.07. The molecule has 0 aliphatic carbocycles. The van der Waals surface area contributed by atoms with Crippen molar-refractivity contribution in [1.29, 1.82) is 0 Å². The predicted octanol–water partition coefficient (Wildman–Crippen LogP) is -2.49. The number of aliphatic hydroxyl groups excluding tert-OH is 2. The summed E-state index contributed by atoms with van der Waals surface area (Å²) in [6.07, 6.45) is 1.87. The summed E-state index contributed by atoms with van der Waals surface area (Å²) in [5, 5.41) is 19.7. The SMILES string of the molecule is C#CC1(N)[C@@H](O)[C@@H]([C@H](C)O)O[C@H]1n1ccc(=O)[nH]c1=O. The van der Waals surface area contributed by atoms with Gasteiger partial charge in [0.2, 0.25) is 0 Å². The summed E-state index contributed by atoms with van der Waals surface area (Å²) < 4.78 is 6.40. The van der Waals surface area contributed by atoms with Crippen LogP contribution in [0.1, 0.15) is 13.2 Å². The molecule has 1 fully saturated rings. The van der Waals surface area contributed by atoms with Crippen molar-refractivity contribution < 1.29 is 14.9 Å². The average molecular weight is 281 g/mol. The Kier molecular flexibility index (Phi) is 3.54. The zero-order valence-electron chi connectivity index (χ0n) is 10.7. The van der Waals surface area contributed by atoms with Crippen LogP contribution in [-0.4, -0.2) is 43.6 Å². The van der Waals surface area contributed by atoms with E-state index >= 15 is 0 Å². The van der Waals surface area contributed by atoms with Gasteiger partial charge in [0.1, 0.15) is 12.2 Å². The van der Waals surface area contributed by atoms with Crippen LogP contribution in [0.2, 0.25) is 0 Å². The molecule has 8 heteroatoms. The van der Waals surface area contributed by atoms with Crippen molar-refractivity contribution in [1.82, 2.24) is 9.55 Å². The highest BCUT2D eigenvalue weighted by Crippen LogP contribution is 2.36. The van der Waals surface area contributed by atoms with E-state index in [4.69, 9.17) is 16.9 Å². The highest BCUT2D eigenvalue weighted by atomic mass is 16.5. The topological polar surface area (TPSA) is 131 Å². The maximum Gasteiger partial charge on any atom is 0.330 e. The first-order valence-corrected chi connectivity index (χ1v) is 5.91. The quantitative estimate of drug-likeness (QED) is 0.443. The molecule has 108 valence electrons. The van der Waals surface area contributed by atoms with E-state index in [9.17, 15) is 19.8 Å². The largest absolute Gasteiger partial charge is 0.391 e. The Morgan fingerprint density at radius 1 is 1.65 bits per heavy atom. The summed E-state index contributed by atoms with van der Waals surface area (Å²) in [7, 11) is 0. The molecule has 1 saturated heterocycles. The minimum Gasteiger partial charge on any atom is -0.391 e. The molecule has 0 saturated carbocycles. The van der Waals surface area contributed by atoms with E-state index in [-0.39, 0.29) is 0 Å². The molecule has 5 N–H and O–H groups in total. The van der Waals surface area contributed by atoms with Gasteiger partial charge in [-0.25, -0.2) is 4.79 Å². The molecule has 1 unspecified atom stereocenters. The summed E-state index contributed by atoms with van der Waals surface area (Å²) >= 11 is 0. The van der Waals surface area contributed by atoms with Crippen LogP contribution >= 0.6 is 0 Å². The van der Waals surface area contributed by atoms with Gasteiger partial charge in [0, 0.05) is 12.3 Å². The Balaban J connectivity index is 2.53. The van der Waals surface area contributed by atoms with E-state index in [1.165, 1.54) is 13.1 Å². The number of aromatic nitrogens is 2. The number of ether oxygens (including phenoxy) is 1. The number of nitrogens with two attached hydrogens (primary N) is 1. The van der Waals surface area contributed by atoms with Crippen LogP contribution in [0.4, 0.5) is 0 Å². The van der Waals surface area contributed by atoms with Crippen LogP contribution in [0.3, 0.4) is 0 Å². The number of rotatable bonds is 2. The molecule has 0 spiro atoms. The van der Waals surface area contributed by atoms with Gasteiger partial charge in [0.25, 0.3) is 5.56 Å². The van der Waals surface area contributed by atoms with E-state index in [1.54, 1.807) is 0 Å². The predicted molar refractivity (Wildman–Crippen MR) is 68.7 cm³/mol. The molecule has 20 heavy (non-hydrogen) atoms. The van der Waals surface area contributed by atoms with Crippen molar-refractivity contribution in [3.63, 3.8) is 0 Å². The Labute approximate surface area is 113 Å². The van der Waals surface area contributed by atoms with Gasteiger partial charge in [-0.05, 0) is 6.92 Å². The Morgan fingerprint density at radius 3 is 2.80 bits per heavy atom. The first kappa shape index (κ1) is 14.5. The van der Waals surface area contributed by atoms with Gasteiger partial charge in [-0.1, -0.05) is 5.92 Å². The third-order valence-electron chi connectivity index (χ3n) is 3.32. The second kappa shape index (κ2) is 4.88. The molecule has 5 atom stereocenters. The van der Waals surface area contributed by atoms with E-state index in [2.05, 4.69) is 5.92 Å². The number of aliphatic hydroxyl groups is 2. The number of aromatic amines is 1. The van der Waals surface area contributed by atoms with E-state index in [0.29, 0.717) is 0 Å². The summed E-state index contributed by atoms with van der Waals surface area (Å²) in [6, 6.07) is 1.10. The normalized spacial score (nSPS) is 34.6. The molecular weight excluding hydrogens is 266 g/mol. The molecule has 1 aliphatic rings. The van der Waals surface area contributed by atoms with E-state index in [0.717, 1.165) is 10.6 Å². The monoisotopic (exact) mass is 281 g/mol. The summed E-state index contributed by atoms with van der Waals surface area (Å²) in [5.74, 6) is 2.21. The zero-order chi connectivity index (χ0) is 15.1. The van der Waals surface area contributed by atoms with Crippen molar-refractivity contribution in [2.24, 2.45) is 5.73 Å². The van der Waals surface area contributed by atoms with Gasteiger partial charge in [-0.3, -0.25) is 14.3 Å². The van der Waals surface area contributed by atoms with Crippen LogP contribution in [-0.2, 0) is 4.74 Å². The van der Waals surface area contributed by atoms with E-state index < -0.39 is 41.3 Å². The number of hydrogen-bond donors (Lipinski definition) is 4. The van der Waals surface area contributed by atoms with Gasteiger partial charge < -0.3 is 20.7 Å². The molecule has 0 aromatic carbocycles. The maximum absolute atomic E-state index is 11.8. The van der Waals surface area contributed by atoms with Crippen LogP contribution in [0.25, 0.3) is 0 Å². The molecule has 1 aromatic rings. The fourth-order valence-corrected chi connectivity index (χ4v) is 2.20. The first-order chi connectivity index (χ1) is 9.31. The molecule has 0 radical (unpaired) electrons. The Hall–Kier alpha value is -1.92. The van der Waals surface area contributed by atoms with Crippen LogP contribution in [0.5, 0.6) is 0 Å². The van der Waals surface area contributed by atoms with Crippen molar-refractivity contribution in [3.05, 3.63) is 33.1 Å². The summed E-state index contributed by atoms with van der Waals surface area (Å²) in [5.41, 5.74) is 2.88. The fraction of sp³-hybridized carbons (Fsp3) is 0.500. The standard InChI is InChI=1S/C12H15N3O5/c1-3-12(13)9(18)8(6(2)16)20-10(12)15-5-4-7(17)14-11(15)19/h1,4-6,8-10,16,18H,13H2,2H3,(H,14,17,19)/t6-,8+,9-,10+,12?/m0/s1. The van der Waals surface area contributed by atoms with Gasteiger partial charge in [0.05, 0.1) is 6.10 Å². The second-order valence-corrected chi connectivity index (χ2v) is 4.73. The average Bonchev–Trinajstić information content (AvgIpc) is 2.64. The van der Waals surface area contributed by atoms with Gasteiger partial charge >= 0.3 is 5.69 Å². The fourth-order valence-electron chi connectivity index (χ4n) is 2.20. The number of terminal acetylenes is 1. The minimum absolute atomic E-state index is 0.583. The summed E-state index contributed by atoms with van der Waals surface area (Å²) in [4.78, 5) is 24.9. The summed E-state index contributed by atoms with van der Waals surface area (Å²) in [6.45, 7) is 1.41. The van der Waals surface area contributed by atoms with Crippen molar-refractivity contribution in [2.45, 2.75) is 37.0 Å². The Bertz CT molecular complexity index is 658. The molecule has 1 aliphatic heterocycles. The molecule has 0 amide bonds. The van der Waals surface area contributed by atoms with Crippen molar-refractivity contribution in [2.75, 3.05) is 0 Å². The van der Waals surface area contributed by atoms with Crippen molar-refractivity contribution >= 4 is 0 Å². The van der Waals surface area contributed by atoms with Crippen molar-refractivity contribution in [3.8, 4) is 12.3 Å². The highest BCUT2D eigenvalue weighted by Gasteiger charge is 2.55. The number of hydrogen-bond acceptors (Lipinski definition) is 6. The molecule has 2 heterocycles. The lowest BCUT2D eigenvalue weighted by Crippen LogP contribution is -2.55. The highest BCUT2D eigenvalue weighted by molar-refractivity contribution is 5.23. The first-order valence-electron chi connectivity index (χ1n) is 5.91. The Morgan fingerprint density at radius 2 is 2.30 bits per heavy atom. The number of nitrogens with zero attached hydrogens (tertiary/aromatic N) is 1. The maximum atomic E-state index is 11.8. The molecule has 8 nitrogen and oxygen atoms in total. The lowest BCUT2D eigenvalue weighted by atomic mass is 9.90. The van der Waals surface area contributed by atoms with Gasteiger partial charge in [0.15, 0.2) is 11.8 Å². The molecule has 0 bridgehead atoms. The zero-order valence-corrected chi connectivity index (χ0v) is 10.7. The smallest absolute Gasteiger partial charge is 0.330 e. The lowest BCUT2D eigenvalue weighted by Gasteiger charge is -2.27. The molecule has 2 rings (SSSR count). The van der Waals surface area contributed by atoms with Crippen LogP contribution in [0.15, 0.2) is 21.9 Å². The minimum atomic E-state index is -1.70. The van der Waals surface area contributed by atoms with Crippen LogP contribution < -0.4 is 17.0 Å². The van der Waals surface area contributed by atoms with Gasteiger partial charge in [-0.15, -0.1) is 6.42 Å². The second-order valence-electron chi connectivity index (χ2n) is 4.73. The number of nitrogens with one attached hydrogen (secondary N) is 1. The van der Waals surface area contributed by atoms with Crippen LogP contribution in [0, 0.1) is 12.3 Å². The third-order valence-corrected chi connectivity index (χ3v) is 3.32. The lowest BCUT2D eigenvalue weighted by molar-refractivity contribution is -0.0778. The molecular formula is C12H15N3O5. The number of H-pyrrole nitrogens is 1.